The van der Waals surface area contributed by atoms with Crippen molar-refractivity contribution in [1.82, 2.24) is 29.9 Å². The van der Waals surface area contributed by atoms with E-state index in [1.807, 2.05) is 121 Å². The molecular formula is C114H78N6O4. The fourth-order valence-corrected chi connectivity index (χ4v) is 21.2. The molecule has 0 radical (unpaired) electrons. The van der Waals surface area contributed by atoms with Crippen molar-refractivity contribution in [2.45, 2.75) is 75.0 Å². The van der Waals surface area contributed by atoms with E-state index in [-0.39, 0.29) is 10.8 Å². The summed E-state index contributed by atoms with van der Waals surface area (Å²) >= 11 is 0. The normalized spacial score (nSPS) is 14.3. The average molecular weight is 1600 g/mol. The summed E-state index contributed by atoms with van der Waals surface area (Å²) in [6.45, 7) is 0. The van der Waals surface area contributed by atoms with Crippen LogP contribution in [0.5, 0.6) is 0 Å². The van der Waals surface area contributed by atoms with Crippen molar-refractivity contribution < 1.29 is 17.7 Å². The third kappa shape index (κ3) is 11.7. The molecule has 2 saturated carbocycles. The van der Waals surface area contributed by atoms with E-state index in [1.165, 1.54) is 131 Å². The number of para-hydroxylation sites is 4. The Morgan fingerprint density at radius 1 is 0.169 bits per heavy atom. The summed E-state index contributed by atoms with van der Waals surface area (Å²) < 4.78 is 24.9. The van der Waals surface area contributed by atoms with Gasteiger partial charge >= 0.3 is 0 Å². The van der Waals surface area contributed by atoms with E-state index in [0.717, 1.165) is 143 Å². The second-order valence-corrected chi connectivity index (χ2v) is 34.0. The molecule has 16 aromatic carbocycles. The topological polar surface area (TPSA) is 130 Å². The molecule has 6 heterocycles. The van der Waals surface area contributed by atoms with Gasteiger partial charge in [0.15, 0.2) is 34.9 Å². The Labute approximate surface area is 714 Å². The van der Waals surface area contributed by atoms with Crippen molar-refractivity contribution in [1.29, 1.82) is 0 Å². The predicted molar refractivity (Wildman–Crippen MR) is 502 cm³/mol. The summed E-state index contributed by atoms with van der Waals surface area (Å²) in [6.07, 6.45) is 12.8. The minimum Gasteiger partial charge on any atom is -0.456 e. The van der Waals surface area contributed by atoms with Crippen LogP contribution in [0, 0.1) is 0 Å². The first-order valence-electron chi connectivity index (χ1n) is 43.4. The lowest BCUT2D eigenvalue weighted by atomic mass is 9.68. The van der Waals surface area contributed by atoms with E-state index in [2.05, 4.69) is 231 Å². The zero-order valence-corrected chi connectivity index (χ0v) is 67.9. The number of benzene rings is 16. The third-order valence-electron chi connectivity index (χ3n) is 27.1. The quantitative estimate of drug-likeness (QED) is 0.130. The molecule has 0 N–H and O–H groups in total. The molecule has 10 nitrogen and oxygen atoms in total. The maximum absolute atomic E-state index is 6.31. The molecule has 2 fully saturated rings. The van der Waals surface area contributed by atoms with Gasteiger partial charge in [0, 0.05) is 87.3 Å². The summed E-state index contributed by atoms with van der Waals surface area (Å²) in [7, 11) is 0. The highest BCUT2D eigenvalue weighted by atomic mass is 16.3. The highest BCUT2D eigenvalue weighted by Gasteiger charge is 2.45. The maximum atomic E-state index is 6.31. The van der Waals surface area contributed by atoms with Crippen LogP contribution < -0.4 is 0 Å². The van der Waals surface area contributed by atoms with Gasteiger partial charge in [0.1, 0.15) is 44.7 Å². The molecular weight excluding hydrogens is 1520 g/mol. The van der Waals surface area contributed by atoms with Crippen molar-refractivity contribution in [3.8, 4) is 135 Å². The Morgan fingerprint density at radius 2 is 0.452 bits per heavy atom. The number of rotatable bonds is 10. The summed E-state index contributed by atoms with van der Waals surface area (Å²) in [5.41, 5.74) is 33.5. The smallest absolute Gasteiger partial charge is 0.164 e. The van der Waals surface area contributed by atoms with E-state index >= 15 is 0 Å². The molecule has 10 heteroatoms. The molecule has 0 aliphatic heterocycles. The number of furan rings is 4. The van der Waals surface area contributed by atoms with Crippen LogP contribution >= 0.6 is 0 Å². The average Bonchev–Trinajstić information content (AvgIpc) is 1.56. The van der Waals surface area contributed by atoms with E-state index < -0.39 is 0 Å². The molecule has 0 bridgehead atoms. The second-order valence-electron chi connectivity index (χ2n) is 34.0. The summed E-state index contributed by atoms with van der Waals surface area (Å²) in [5.74, 6) is 3.54. The lowest BCUT2D eigenvalue weighted by Crippen LogP contribution is -2.27. The summed E-state index contributed by atoms with van der Waals surface area (Å²) in [4.78, 5) is 31.0. The first kappa shape index (κ1) is 71.6. The van der Waals surface area contributed by atoms with Crippen LogP contribution in [0.25, 0.3) is 223 Å². The Balaban J connectivity index is 0.000000136. The van der Waals surface area contributed by atoms with E-state index in [1.54, 1.807) is 0 Å². The summed E-state index contributed by atoms with van der Waals surface area (Å²) in [6, 6.07) is 125. The van der Waals surface area contributed by atoms with Gasteiger partial charge in [-0.2, -0.15) is 0 Å². The van der Waals surface area contributed by atoms with Crippen molar-refractivity contribution in [2.75, 3.05) is 0 Å². The number of aromatic nitrogens is 6. The second kappa shape index (κ2) is 28.7. The van der Waals surface area contributed by atoms with E-state index in [0.29, 0.717) is 34.9 Å². The molecule has 0 unspecified atom stereocenters. The van der Waals surface area contributed by atoms with Gasteiger partial charge in [-0.3, -0.25) is 0 Å². The first-order chi connectivity index (χ1) is 61.3. The fourth-order valence-electron chi connectivity index (χ4n) is 21.2. The van der Waals surface area contributed by atoms with Crippen LogP contribution in [-0.2, 0) is 10.8 Å². The molecule has 2 spiro atoms. The minimum absolute atomic E-state index is 0.161. The molecule has 22 aromatic rings. The zero-order valence-electron chi connectivity index (χ0n) is 67.9. The van der Waals surface area contributed by atoms with Crippen molar-refractivity contribution >= 4 is 87.8 Å². The summed E-state index contributed by atoms with van der Waals surface area (Å²) in [5, 5.41) is 8.18. The molecule has 4 aliphatic carbocycles. The van der Waals surface area contributed by atoms with Gasteiger partial charge in [-0.05, 0) is 212 Å². The monoisotopic (exact) mass is 1590 g/mol. The van der Waals surface area contributed by atoms with E-state index in [9.17, 15) is 0 Å². The van der Waals surface area contributed by atoms with Crippen LogP contribution in [0.1, 0.15) is 86.5 Å². The highest BCUT2D eigenvalue weighted by molar-refractivity contribution is 6.14. The van der Waals surface area contributed by atoms with Gasteiger partial charge in [0.05, 0.1) is 0 Å². The van der Waals surface area contributed by atoms with Gasteiger partial charge in [-0.1, -0.05) is 293 Å². The maximum Gasteiger partial charge on any atom is 0.164 e. The number of hydrogen-bond donors (Lipinski definition) is 0. The van der Waals surface area contributed by atoms with Crippen LogP contribution in [0.15, 0.2) is 370 Å². The van der Waals surface area contributed by atoms with Crippen LogP contribution in [-0.4, -0.2) is 29.9 Å². The molecule has 26 rings (SSSR count). The Bertz CT molecular complexity index is 7830. The molecule has 0 amide bonds. The molecule has 4 aliphatic rings. The lowest BCUT2D eigenvalue weighted by Gasteiger charge is -2.36. The van der Waals surface area contributed by atoms with Crippen molar-refractivity contribution in [2.24, 2.45) is 0 Å². The Kier molecular flexibility index (Phi) is 16.6. The van der Waals surface area contributed by atoms with Crippen LogP contribution in [0.3, 0.4) is 0 Å². The molecule has 0 saturated heterocycles. The molecule has 0 atom stereocenters. The predicted octanol–water partition coefficient (Wildman–Crippen LogP) is 30.5. The standard InChI is InChI=1S/2C57H39N3O2/c1-8-31-57(32-9-1)46-20-5-2-15-40(46)45-34-39(29-30-47(45)57)38-14-10-13-37(33-38)35-25-27-36(28-26-35)54-58-55(43-18-11-23-50-52(43)41-16-3-6-21-48(41)61-50)60-56(59-54)44-19-12-24-51-53(44)42-17-4-7-22-49(42)62-51;1-8-29-57(30-9-1)48-16-5-2-13-42(48)45-32-39(23-26-49(45)57)38-12-10-11-37(31-38)35-19-21-36(22-20-35)54-58-55(40-24-27-52-46(33-40)43-14-3-6-17-50(43)61-52)60-56(59-54)41-25-28-53-47(34-41)44-15-4-7-18-51(44)62-53/h2-7,10-30,33-34H,1,8-9,31-32H2;2-7,10-28,31-34H,1,8-9,29-30H2. The molecule has 588 valence electrons. The molecule has 6 aromatic heterocycles. The van der Waals surface area contributed by atoms with Crippen LogP contribution in [0.4, 0.5) is 0 Å². The van der Waals surface area contributed by atoms with Crippen molar-refractivity contribution in [3.63, 3.8) is 0 Å². The van der Waals surface area contributed by atoms with Crippen molar-refractivity contribution in [3.05, 3.63) is 374 Å². The Hall–Kier alpha value is -15.3. The largest absolute Gasteiger partial charge is 0.456 e. The van der Waals surface area contributed by atoms with Gasteiger partial charge < -0.3 is 17.7 Å². The van der Waals surface area contributed by atoms with E-state index in [4.69, 9.17) is 47.6 Å². The highest BCUT2D eigenvalue weighted by Crippen LogP contribution is 2.59. The van der Waals surface area contributed by atoms with Gasteiger partial charge in [0.2, 0.25) is 0 Å². The third-order valence-corrected chi connectivity index (χ3v) is 27.1. The van der Waals surface area contributed by atoms with Gasteiger partial charge in [-0.25, -0.2) is 29.9 Å². The van der Waals surface area contributed by atoms with Gasteiger partial charge in [0.25, 0.3) is 0 Å². The number of hydrogen-bond acceptors (Lipinski definition) is 10. The number of nitrogens with zero attached hydrogens (tertiary/aromatic N) is 6. The first-order valence-corrected chi connectivity index (χ1v) is 43.4. The van der Waals surface area contributed by atoms with Gasteiger partial charge in [-0.15, -0.1) is 0 Å². The zero-order chi connectivity index (χ0) is 81.6. The molecule has 124 heavy (non-hydrogen) atoms. The lowest BCUT2D eigenvalue weighted by molar-refractivity contribution is 0.353. The minimum atomic E-state index is 0.161. The fraction of sp³-hybridized carbons (Fsp3) is 0.105. The SMILES string of the molecule is c1cc(-c2ccc(-c3nc(-c4ccc5oc6ccccc6c5c4)nc(-c4ccc5oc6ccccc6c5c4)n3)cc2)cc(-c2ccc3c(c2)-c2ccccc2C32CCCCC2)c1.c1cc(-c2ccc(-c3nc(-c4cccc5oc6ccccc6c45)nc(-c4cccc5oc6ccccc6c45)n3)cc2)cc(-c2ccc3c(c2)-c2ccccc2C32CCCCC2)c1. The Morgan fingerprint density at radius 3 is 0.887 bits per heavy atom. The number of fused-ring (bicyclic) bond motifs is 22. The van der Waals surface area contributed by atoms with Crippen LogP contribution in [0.2, 0.25) is 0 Å².